The number of benzene rings is 1. The van der Waals surface area contributed by atoms with Crippen molar-refractivity contribution in [1.29, 1.82) is 0 Å². The van der Waals surface area contributed by atoms with Gasteiger partial charge in [0.05, 0.1) is 16.2 Å². The molecule has 2 rings (SSSR count). The highest BCUT2D eigenvalue weighted by Crippen LogP contribution is 2.27. The van der Waals surface area contributed by atoms with E-state index < -0.39 is 4.92 Å². The summed E-state index contributed by atoms with van der Waals surface area (Å²) in [4.78, 5) is 22.8. The number of hydrogen-bond donors (Lipinski definition) is 2. The molecule has 0 aliphatic carbocycles. The van der Waals surface area contributed by atoms with Crippen molar-refractivity contribution >= 4 is 17.4 Å². The Morgan fingerprint density at radius 3 is 2.65 bits per heavy atom. The summed E-state index contributed by atoms with van der Waals surface area (Å²) in [5.74, 6) is 0. The zero-order valence-electron chi connectivity index (χ0n) is 13.9. The molecule has 23 heavy (non-hydrogen) atoms. The summed E-state index contributed by atoms with van der Waals surface area (Å²) in [5, 5.41) is 16.6. The van der Waals surface area contributed by atoms with Gasteiger partial charge in [-0.1, -0.05) is 0 Å². The summed E-state index contributed by atoms with van der Waals surface area (Å²) in [5.41, 5.74) is 1.55. The van der Waals surface area contributed by atoms with Crippen LogP contribution in [-0.4, -0.2) is 29.2 Å². The number of carbonyl (C=O) groups excluding carboxylic acids is 1. The van der Waals surface area contributed by atoms with Gasteiger partial charge in [0, 0.05) is 24.3 Å². The minimum Gasteiger partial charge on any atom is -0.375 e. The fourth-order valence-corrected chi connectivity index (χ4v) is 2.87. The second-order valence-corrected chi connectivity index (χ2v) is 6.61. The van der Waals surface area contributed by atoms with Gasteiger partial charge < -0.3 is 15.4 Å². The molecule has 1 unspecified atom stereocenters. The first-order valence-corrected chi connectivity index (χ1v) is 7.65. The Bertz CT molecular complexity index is 628. The predicted molar refractivity (Wildman–Crippen MR) is 87.8 cm³/mol. The molecule has 0 aromatic heterocycles. The van der Waals surface area contributed by atoms with Crippen molar-refractivity contribution < 1.29 is 14.5 Å². The van der Waals surface area contributed by atoms with E-state index in [1.165, 1.54) is 6.07 Å². The number of nitrogens with one attached hydrogen (secondary N) is 2. The molecule has 126 valence electrons. The van der Waals surface area contributed by atoms with E-state index in [2.05, 4.69) is 10.6 Å². The molecular weight excluding hydrogens is 298 g/mol. The van der Waals surface area contributed by atoms with Crippen molar-refractivity contribution in [2.24, 2.45) is 0 Å². The molecule has 1 aromatic rings. The van der Waals surface area contributed by atoms with Gasteiger partial charge in [-0.3, -0.25) is 10.1 Å². The lowest BCUT2D eigenvalue weighted by Crippen LogP contribution is -2.47. The number of rotatable bonds is 3. The third-order valence-corrected chi connectivity index (χ3v) is 4.02. The van der Waals surface area contributed by atoms with E-state index in [0.717, 1.165) is 18.4 Å². The van der Waals surface area contributed by atoms with Gasteiger partial charge in [0.25, 0.3) is 5.69 Å². The standard InChI is InChI=1S/C16H23N3O4/c1-10-7-11(2)14(19(21)22)8-13(10)18-15(20)17-12-5-6-23-16(3,4)9-12/h7-8,12H,5-6,9H2,1-4H3,(H2,17,18,20). The molecule has 1 aliphatic heterocycles. The van der Waals surface area contributed by atoms with Gasteiger partial charge in [-0.2, -0.15) is 0 Å². The molecule has 1 saturated heterocycles. The number of hydrogen-bond acceptors (Lipinski definition) is 4. The number of carbonyl (C=O) groups is 1. The first kappa shape index (κ1) is 17.2. The van der Waals surface area contributed by atoms with E-state index in [1.807, 2.05) is 20.8 Å². The summed E-state index contributed by atoms with van der Waals surface area (Å²) >= 11 is 0. The lowest BCUT2D eigenvalue weighted by Gasteiger charge is -2.35. The first-order chi connectivity index (χ1) is 10.7. The van der Waals surface area contributed by atoms with Crippen LogP contribution >= 0.6 is 0 Å². The van der Waals surface area contributed by atoms with Crippen LogP contribution in [0.5, 0.6) is 0 Å². The van der Waals surface area contributed by atoms with E-state index in [1.54, 1.807) is 13.0 Å². The average Bonchev–Trinajstić information content (AvgIpc) is 2.40. The van der Waals surface area contributed by atoms with Crippen LogP contribution in [0.2, 0.25) is 0 Å². The van der Waals surface area contributed by atoms with Crippen LogP contribution in [0.3, 0.4) is 0 Å². The second-order valence-electron chi connectivity index (χ2n) is 6.61. The Balaban J connectivity index is 2.05. The van der Waals surface area contributed by atoms with Gasteiger partial charge in [-0.15, -0.1) is 0 Å². The van der Waals surface area contributed by atoms with E-state index >= 15 is 0 Å². The van der Waals surface area contributed by atoms with Gasteiger partial charge in [0.2, 0.25) is 0 Å². The molecule has 1 aromatic carbocycles. The Kier molecular flexibility index (Phi) is 4.89. The maximum Gasteiger partial charge on any atom is 0.319 e. The number of nitrogens with zero attached hydrogens (tertiary/aromatic N) is 1. The summed E-state index contributed by atoms with van der Waals surface area (Å²) in [6.07, 6.45) is 1.48. The fraction of sp³-hybridized carbons (Fsp3) is 0.562. The van der Waals surface area contributed by atoms with Crippen LogP contribution in [0.25, 0.3) is 0 Å². The molecular formula is C16H23N3O4. The summed E-state index contributed by atoms with van der Waals surface area (Å²) in [7, 11) is 0. The smallest absolute Gasteiger partial charge is 0.319 e. The van der Waals surface area contributed by atoms with E-state index in [-0.39, 0.29) is 23.4 Å². The van der Waals surface area contributed by atoms with Gasteiger partial charge in [0.15, 0.2) is 0 Å². The van der Waals surface area contributed by atoms with Crippen molar-refractivity contribution in [2.75, 3.05) is 11.9 Å². The molecule has 2 amide bonds. The predicted octanol–water partition coefficient (Wildman–Crippen LogP) is 3.29. The largest absolute Gasteiger partial charge is 0.375 e. The zero-order valence-corrected chi connectivity index (χ0v) is 13.9. The molecule has 1 fully saturated rings. The molecule has 0 spiro atoms. The number of aryl methyl sites for hydroxylation is 2. The van der Waals surface area contributed by atoms with Gasteiger partial charge in [-0.25, -0.2) is 4.79 Å². The van der Waals surface area contributed by atoms with E-state index in [9.17, 15) is 14.9 Å². The van der Waals surface area contributed by atoms with Crippen LogP contribution in [0.4, 0.5) is 16.2 Å². The van der Waals surface area contributed by atoms with Crippen molar-refractivity contribution in [3.63, 3.8) is 0 Å². The van der Waals surface area contributed by atoms with Gasteiger partial charge in [-0.05, 0) is 52.2 Å². The highest BCUT2D eigenvalue weighted by molar-refractivity contribution is 5.90. The molecule has 0 saturated carbocycles. The summed E-state index contributed by atoms with van der Waals surface area (Å²) in [6, 6.07) is 2.78. The van der Waals surface area contributed by atoms with Crippen LogP contribution in [0, 0.1) is 24.0 Å². The fourth-order valence-electron chi connectivity index (χ4n) is 2.87. The van der Waals surface area contributed by atoms with Crippen LogP contribution in [-0.2, 0) is 4.74 Å². The normalized spacial score (nSPS) is 19.9. The lowest BCUT2D eigenvalue weighted by molar-refractivity contribution is -0.385. The Hall–Kier alpha value is -2.15. The molecule has 7 heteroatoms. The third-order valence-electron chi connectivity index (χ3n) is 4.02. The molecule has 7 nitrogen and oxygen atoms in total. The molecule has 2 N–H and O–H groups in total. The van der Waals surface area contributed by atoms with Crippen molar-refractivity contribution in [3.05, 3.63) is 33.4 Å². The van der Waals surface area contributed by atoms with Crippen LogP contribution < -0.4 is 10.6 Å². The minimum atomic E-state index is -0.446. The van der Waals surface area contributed by atoms with Gasteiger partial charge >= 0.3 is 6.03 Å². The van der Waals surface area contributed by atoms with Crippen LogP contribution in [0.15, 0.2) is 12.1 Å². The quantitative estimate of drug-likeness (QED) is 0.660. The first-order valence-electron chi connectivity index (χ1n) is 7.65. The summed E-state index contributed by atoms with van der Waals surface area (Å²) in [6.45, 7) is 8.08. The van der Waals surface area contributed by atoms with Crippen molar-refractivity contribution in [2.45, 2.75) is 52.2 Å². The SMILES string of the molecule is Cc1cc(C)c([N+](=O)[O-])cc1NC(=O)NC1CCOC(C)(C)C1. The molecule has 1 aliphatic rings. The highest BCUT2D eigenvalue weighted by Gasteiger charge is 2.29. The van der Waals surface area contributed by atoms with Gasteiger partial charge in [0.1, 0.15) is 0 Å². The van der Waals surface area contributed by atoms with Crippen molar-refractivity contribution in [1.82, 2.24) is 5.32 Å². The van der Waals surface area contributed by atoms with E-state index in [0.29, 0.717) is 17.9 Å². The van der Waals surface area contributed by atoms with Crippen LogP contribution in [0.1, 0.15) is 37.8 Å². The monoisotopic (exact) mass is 321 g/mol. The second kappa shape index (κ2) is 6.54. The maximum absolute atomic E-state index is 12.2. The molecule has 1 atom stereocenters. The number of nitro benzene ring substituents is 1. The molecule has 0 radical (unpaired) electrons. The Morgan fingerprint density at radius 1 is 1.35 bits per heavy atom. The number of amides is 2. The average molecular weight is 321 g/mol. The number of anilines is 1. The number of urea groups is 1. The third kappa shape index (κ3) is 4.41. The summed E-state index contributed by atoms with van der Waals surface area (Å²) < 4.78 is 5.62. The topological polar surface area (TPSA) is 93.5 Å². The number of nitro groups is 1. The molecule has 1 heterocycles. The molecule has 0 bridgehead atoms. The highest BCUT2D eigenvalue weighted by atomic mass is 16.6. The Morgan fingerprint density at radius 2 is 2.04 bits per heavy atom. The number of ether oxygens (including phenoxy) is 1. The maximum atomic E-state index is 12.2. The Labute approximate surface area is 135 Å². The van der Waals surface area contributed by atoms with E-state index in [4.69, 9.17) is 4.74 Å². The zero-order chi connectivity index (χ0) is 17.2. The lowest BCUT2D eigenvalue weighted by atomic mass is 9.94. The minimum absolute atomic E-state index is 0.00176. The van der Waals surface area contributed by atoms with Crippen molar-refractivity contribution in [3.8, 4) is 0 Å².